The highest BCUT2D eigenvalue weighted by Crippen LogP contribution is 2.31. The molecule has 1 heterocycles. The Morgan fingerprint density at radius 2 is 2.00 bits per heavy atom. The Balaban J connectivity index is 2.29. The Kier molecular flexibility index (Phi) is 6.89. The summed E-state index contributed by atoms with van der Waals surface area (Å²) in [6.07, 6.45) is 2.03. The van der Waals surface area contributed by atoms with E-state index in [1.807, 2.05) is 19.0 Å². The minimum Gasteiger partial charge on any atom is -0.495 e. The Hall–Kier alpha value is -1.36. The molecule has 0 spiro atoms. The first-order valence-corrected chi connectivity index (χ1v) is 11.6. The average molecular weight is 406 g/mol. The number of rotatable bonds is 8. The predicted octanol–water partition coefficient (Wildman–Crippen LogP) is 0.855. The number of ether oxygens (including phenoxy) is 1. The van der Waals surface area contributed by atoms with Gasteiger partial charge in [0.05, 0.1) is 18.6 Å². The van der Waals surface area contributed by atoms with Crippen LogP contribution in [0.3, 0.4) is 0 Å². The third kappa shape index (κ3) is 5.09. The predicted molar refractivity (Wildman–Crippen MR) is 102 cm³/mol. The highest BCUT2D eigenvalue weighted by atomic mass is 32.2. The number of hydrogen-bond donors (Lipinski definition) is 1. The molecule has 0 atom stereocenters. The molecule has 1 aromatic carbocycles. The van der Waals surface area contributed by atoms with Crippen molar-refractivity contribution in [2.75, 3.05) is 50.9 Å². The van der Waals surface area contributed by atoms with Gasteiger partial charge in [-0.25, -0.2) is 21.6 Å². The Bertz CT molecular complexity index is 822. The molecule has 8 nitrogen and oxygen atoms in total. The summed E-state index contributed by atoms with van der Waals surface area (Å²) in [5, 5.41) is 0. The zero-order chi connectivity index (χ0) is 19.4. The second-order valence-electron chi connectivity index (χ2n) is 6.49. The van der Waals surface area contributed by atoms with Crippen LogP contribution in [0.2, 0.25) is 0 Å². The van der Waals surface area contributed by atoms with Crippen molar-refractivity contribution in [1.29, 1.82) is 0 Å². The van der Waals surface area contributed by atoms with Crippen LogP contribution in [0.25, 0.3) is 0 Å². The summed E-state index contributed by atoms with van der Waals surface area (Å²) in [7, 11) is -2.01. The fraction of sp³-hybridized carbons (Fsp3) is 0.625. The summed E-state index contributed by atoms with van der Waals surface area (Å²) in [5.74, 6) is 0.257. The van der Waals surface area contributed by atoms with Gasteiger partial charge in [0.1, 0.15) is 10.6 Å². The van der Waals surface area contributed by atoms with Crippen molar-refractivity contribution >= 4 is 25.7 Å². The largest absolute Gasteiger partial charge is 0.495 e. The third-order valence-electron chi connectivity index (χ3n) is 4.15. The van der Waals surface area contributed by atoms with E-state index in [0.29, 0.717) is 25.1 Å². The third-order valence-corrected chi connectivity index (χ3v) is 7.50. The molecule has 0 amide bonds. The van der Waals surface area contributed by atoms with E-state index < -0.39 is 20.0 Å². The summed E-state index contributed by atoms with van der Waals surface area (Å²) < 4.78 is 59.0. The maximum atomic E-state index is 12.7. The highest BCUT2D eigenvalue weighted by molar-refractivity contribution is 7.92. The number of anilines is 1. The van der Waals surface area contributed by atoms with Crippen molar-refractivity contribution in [3.8, 4) is 5.75 Å². The number of nitrogens with zero attached hydrogens (tertiary/aromatic N) is 2. The SMILES string of the molecule is COc1ccc(N2CCCCS2(=O)=O)cc1S(=O)(=O)NCCCN(C)C. The molecule has 0 aliphatic carbocycles. The average Bonchev–Trinajstić information content (AvgIpc) is 2.58. The van der Waals surface area contributed by atoms with Crippen molar-refractivity contribution in [3.05, 3.63) is 18.2 Å². The molecule has 1 saturated heterocycles. The maximum absolute atomic E-state index is 12.7. The first kappa shape index (κ1) is 20.9. The van der Waals surface area contributed by atoms with Crippen molar-refractivity contribution < 1.29 is 21.6 Å². The summed E-state index contributed by atoms with van der Waals surface area (Å²) >= 11 is 0. The molecule has 1 aliphatic rings. The molecule has 0 aromatic heterocycles. The van der Waals surface area contributed by atoms with Gasteiger partial charge in [-0.3, -0.25) is 4.31 Å². The van der Waals surface area contributed by atoms with Crippen LogP contribution in [-0.2, 0) is 20.0 Å². The minimum atomic E-state index is -3.81. The van der Waals surface area contributed by atoms with Gasteiger partial charge in [-0.05, 0) is 58.1 Å². The van der Waals surface area contributed by atoms with Gasteiger partial charge in [-0.2, -0.15) is 0 Å². The van der Waals surface area contributed by atoms with Crippen molar-refractivity contribution in [3.63, 3.8) is 0 Å². The van der Waals surface area contributed by atoms with Crippen LogP contribution in [0.1, 0.15) is 19.3 Å². The Morgan fingerprint density at radius 1 is 1.27 bits per heavy atom. The Morgan fingerprint density at radius 3 is 2.62 bits per heavy atom. The molecule has 0 bridgehead atoms. The molecule has 2 rings (SSSR count). The van der Waals surface area contributed by atoms with Gasteiger partial charge in [-0.1, -0.05) is 0 Å². The van der Waals surface area contributed by atoms with Crippen LogP contribution in [0, 0.1) is 0 Å². The van der Waals surface area contributed by atoms with Crippen molar-refractivity contribution in [1.82, 2.24) is 9.62 Å². The molecule has 0 radical (unpaired) electrons. The lowest BCUT2D eigenvalue weighted by Gasteiger charge is -2.28. The summed E-state index contributed by atoms with van der Waals surface area (Å²) in [6.45, 7) is 1.39. The van der Waals surface area contributed by atoms with Gasteiger partial charge >= 0.3 is 0 Å². The second-order valence-corrected chi connectivity index (χ2v) is 10.2. The van der Waals surface area contributed by atoms with E-state index in [1.54, 1.807) is 6.07 Å². The highest BCUT2D eigenvalue weighted by Gasteiger charge is 2.28. The van der Waals surface area contributed by atoms with Crippen molar-refractivity contribution in [2.24, 2.45) is 0 Å². The van der Waals surface area contributed by atoms with Crippen LogP contribution >= 0.6 is 0 Å². The zero-order valence-electron chi connectivity index (χ0n) is 15.4. The normalized spacial score (nSPS) is 17.5. The topological polar surface area (TPSA) is 96.0 Å². The Labute approximate surface area is 156 Å². The smallest absolute Gasteiger partial charge is 0.244 e. The van der Waals surface area contributed by atoms with Crippen molar-refractivity contribution in [2.45, 2.75) is 24.2 Å². The molecule has 1 aromatic rings. The van der Waals surface area contributed by atoms with Gasteiger partial charge in [0, 0.05) is 13.1 Å². The molecule has 148 valence electrons. The van der Waals surface area contributed by atoms with Gasteiger partial charge in [0.2, 0.25) is 20.0 Å². The molecule has 26 heavy (non-hydrogen) atoms. The van der Waals surface area contributed by atoms with Gasteiger partial charge < -0.3 is 9.64 Å². The molecule has 1 aliphatic heterocycles. The summed E-state index contributed by atoms with van der Waals surface area (Å²) in [5.41, 5.74) is 0.346. The van der Waals surface area contributed by atoms with Gasteiger partial charge in [0.25, 0.3) is 0 Å². The molecular weight excluding hydrogens is 378 g/mol. The van der Waals surface area contributed by atoms with Gasteiger partial charge in [-0.15, -0.1) is 0 Å². The number of methoxy groups -OCH3 is 1. The van der Waals surface area contributed by atoms with Crippen LogP contribution in [0.15, 0.2) is 23.1 Å². The number of hydrogen-bond acceptors (Lipinski definition) is 6. The first-order chi connectivity index (χ1) is 12.2. The van der Waals surface area contributed by atoms with Crippen LogP contribution in [0.5, 0.6) is 5.75 Å². The monoisotopic (exact) mass is 405 g/mol. The molecular formula is C16H27N3O5S2. The van der Waals surface area contributed by atoms with Crippen LogP contribution in [-0.4, -0.2) is 68.3 Å². The molecule has 0 unspecified atom stereocenters. The summed E-state index contributed by atoms with van der Waals surface area (Å²) in [4.78, 5) is 1.92. The fourth-order valence-electron chi connectivity index (χ4n) is 2.79. The van der Waals surface area contributed by atoms with Crippen LogP contribution < -0.4 is 13.8 Å². The zero-order valence-corrected chi connectivity index (χ0v) is 17.1. The van der Waals surface area contributed by atoms with E-state index in [-0.39, 0.29) is 22.9 Å². The quantitative estimate of drug-likeness (QED) is 0.645. The first-order valence-electron chi connectivity index (χ1n) is 8.50. The standard InChI is InChI=1S/C16H27N3O5S2/c1-18(2)10-6-9-17-26(22,23)16-13-14(7-8-15(16)24-3)19-11-4-5-12-25(19,20)21/h7-8,13,17H,4-6,9-12H2,1-3H3. The number of nitrogens with one attached hydrogen (secondary N) is 1. The van der Waals surface area contributed by atoms with E-state index in [9.17, 15) is 16.8 Å². The minimum absolute atomic E-state index is 0.0527. The lowest BCUT2D eigenvalue weighted by atomic mass is 10.2. The molecule has 10 heteroatoms. The molecule has 0 saturated carbocycles. The lowest BCUT2D eigenvalue weighted by Crippen LogP contribution is -2.38. The van der Waals surface area contributed by atoms with E-state index in [1.165, 1.54) is 23.5 Å². The molecule has 1 fully saturated rings. The summed E-state index contributed by atoms with van der Waals surface area (Å²) in [6, 6.07) is 4.44. The van der Waals surface area contributed by atoms with Crippen LogP contribution in [0.4, 0.5) is 5.69 Å². The molecule has 1 N–H and O–H groups in total. The van der Waals surface area contributed by atoms with E-state index >= 15 is 0 Å². The van der Waals surface area contributed by atoms with E-state index in [2.05, 4.69) is 4.72 Å². The lowest BCUT2D eigenvalue weighted by molar-refractivity contribution is 0.397. The van der Waals surface area contributed by atoms with E-state index in [4.69, 9.17) is 4.74 Å². The number of sulfonamides is 2. The van der Waals surface area contributed by atoms with E-state index in [0.717, 1.165) is 13.0 Å². The second kappa shape index (κ2) is 8.55. The fourth-order valence-corrected chi connectivity index (χ4v) is 5.68. The van der Waals surface area contributed by atoms with Gasteiger partial charge in [0.15, 0.2) is 0 Å². The number of benzene rings is 1. The maximum Gasteiger partial charge on any atom is 0.244 e.